The third-order valence-electron chi connectivity index (χ3n) is 3.49. The average molecular weight is 286 g/mol. The summed E-state index contributed by atoms with van der Waals surface area (Å²) >= 11 is 0. The van der Waals surface area contributed by atoms with Crippen LogP contribution in [0.2, 0.25) is 0 Å². The minimum atomic E-state index is -0.489. The van der Waals surface area contributed by atoms with Crippen molar-refractivity contribution in [2.45, 2.75) is 6.10 Å². The summed E-state index contributed by atoms with van der Waals surface area (Å²) in [4.78, 5) is 13.1. The van der Waals surface area contributed by atoms with Crippen LogP contribution in [0.25, 0.3) is 11.1 Å². The molecule has 0 aliphatic carbocycles. The highest BCUT2D eigenvalue weighted by Crippen LogP contribution is 2.28. The molecule has 3 rings (SSSR count). The number of nitrogens with zero attached hydrogens (tertiary/aromatic N) is 1. The lowest BCUT2D eigenvalue weighted by molar-refractivity contribution is 0.145. The van der Waals surface area contributed by atoms with Crippen molar-refractivity contribution in [3.8, 4) is 11.1 Å². The number of anilines is 1. The maximum atomic E-state index is 14.3. The highest BCUT2D eigenvalue weighted by atomic mass is 19.1. The van der Waals surface area contributed by atoms with Crippen molar-refractivity contribution < 1.29 is 13.9 Å². The van der Waals surface area contributed by atoms with Gasteiger partial charge in [0.15, 0.2) is 0 Å². The van der Waals surface area contributed by atoms with Gasteiger partial charge in [0.25, 0.3) is 0 Å². The number of halogens is 1. The zero-order chi connectivity index (χ0) is 14.8. The molecule has 0 saturated carbocycles. The Balaban J connectivity index is 1.90. The smallest absolute Gasteiger partial charge is 0.414 e. The van der Waals surface area contributed by atoms with Crippen LogP contribution in [-0.4, -0.2) is 25.3 Å². The molecule has 5 heteroatoms. The Morgan fingerprint density at radius 1 is 1.24 bits per heavy atom. The molecule has 1 aliphatic heterocycles. The van der Waals surface area contributed by atoms with Crippen molar-refractivity contribution in [3.63, 3.8) is 0 Å². The van der Waals surface area contributed by atoms with Gasteiger partial charge in [-0.3, -0.25) is 4.90 Å². The molecule has 1 aliphatic rings. The summed E-state index contributed by atoms with van der Waals surface area (Å²) in [7, 11) is 0. The van der Waals surface area contributed by atoms with E-state index >= 15 is 0 Å². The molecular formula is C16H15FN2O2. The van der Waals surface area contributed by atoms with Gasteiger partial charge in [-0.15, -0.1) is 0 Å². The van der Waals surface area contributed by atoms with Gasteiger partial charge in [-0.05, 0) is 23.8 Å². The molecule has 0 spiro atoms. The van der Waals surface area contributed by atoms with Crippen LogP contribution in [0, 0.1) is 5.82 Å². The molecule has 2 N–H and O–H groups in total. The van der Waals surface area contributed by atoms with Gasteiger partial charge in [-0.1, -0.05) is 30.3 Å². The molecule has 0 bridgehead atoms. The predicted octanol–water partition coefficient (Wildman–Crippen LogP) is 2.78. The third kappa shape index (κ3) is 2.60. The molecule has 0 unspecified atom stereocenters. The van der Waals surface area contributed by atoms with Gasteiger partial charge >= 0.3 is 6.09 Å². The first-order valence-electron chi connectivity index (χ1n) is 6.72. The molecule has 108 valence electrons. The Kier molecular flexibility index (Phi) is 3.58. The number of ether oxygens (including phenoxy) is 1. The first-order valence-corrected chi connectivity index (χ1v) is 6.72. The molecule has 1 fully saturated rings. The second kappa shape index (κ2) is 5.54. The summed E-state index contributed by atoms with van der Waals surface area (Å²) in [6.07, 6.45) is -0.827. The summed E-state index contributed by atoms with van der Waals surface area (Å²) in [5.74, 6) is -0.373. The molecule has 1 amide bonds. The van der Waals surface area contributed by atoms with Crippen molar-refractivity contribution in [2.75, 3.05) is 18.0 Å². The third-order valence-corrected chi connectivity index (χ3v) is 3.49. The Hall–Kier alpha value is -2.40. The molecule has 2 aromatic carbocycles. The van der Waals surface area contributed by atoms with Crippen LogP contribution in [0.3, 0.4) is 0 Å². The van der Waals surface area contributed by atoms with Gasteiger partial charge in [-0.2, -0.15) is 0 Å². The number of benzene rings is 2. The van der Waals surface area contributed by atoms with Crippen molar-refractivity contribution in [3.05, 3.63) is 54.3 Å². The first-order chi connectivity index (χ1) is 10.2. The standard InChI is InChI=1S/C16H15FN2O2/c17-15-8-12(19-10-13(9-18)21-16(19)20)6-7-14(15)11-4-2-1-3-5-11/h1-8,13H,9-10,18H2/t13-/m0/s1. The van der Waals surface area contributed by atoms with Crippen molar-refractivity contribution >= 4 is 11.8 Å². The van der Waals surface area contributed by atoms with E-state index in [1.807, 2.05) is 30.3 Å². The number of rotatable bonds is 3. The Bertz CT molecular complexity index is 661. The minimum Gasteiger partial charge on any atom is -0.443 e. The SMILES string of the molecule is NC[C@H]1CN(c2ccc(-c3ccccc3)c(F)c2)C(=O)O1. The summed E-state index contributed by atoms with van der Waals surface area (Å²) in [6, 6.07) is 14.0. The van der Waals surface area contributed by atoms with Gasteiger partial charge in [0.2, 0.25) is 0 Å². The van der Waals surface area contributed by atoms with Crippen LogP contribution in [0.5, 0.6) is 0 Å². The lowest BCUT2D eigenvalue weighted by atomic mass is 10.0. The Morgan fingerprint density at radius 3 is 2.62 bits per heavy atom. The van der Waals surface area contributed by atoms with E-state index in [4.69, 9.17) is 10.5 Å². The van der Waals surface area contributed by atoms with E-state index in [-0.39, 0.29) is 18.5 Å². The van der Waals surface area contributed by atoms with Gasteiger partial charge in [0.05, 0.1) is 12.2 Å². The predicted molar refractivity (Wildman–Crippen MR) is 78.5 cm³/mol. The van der Waals surface area contributed by atoms with E-state index in [1.54, 1.807) is 12.1 Å². The Labute approximate surface area is 121 Å². The normalized spacial score (nSPS) is 17.9. The lowest BCUT2D eigenvalue weighted by Gasteiger charge is -2.14. The number of cyclic esters (lactones) is 1. The van der Waals surface area contributed by atoms with E-state index in [2.05, 4.69) is 0 Å². The van der Waals surface area contributed by atoms with E-state index in [0.717, 1.165) is 5.56 Å². The number of carbonyl (C=O) groups excluding carboxylic acids is 1. The van der Waals surface area contributed by atoms with E-state index in [0.29, 0.717) is 17.8 Å². The molecule has 0 aromatic heterocycles. The van der Waals surface area contributed by atoms with Crippen molar-refractivity contribution in [1.29, 1.82) is 0 Å². The summed E-state index contributed by atoms with van der Waals surface area (Å²) in [5.41, 5.74) is 7.27. The molecule has 21 heavy (non-hydrogen) atoms. The Morgan fingerprint density at radius 2 is 2.00 bits per heavy atom. The molecule has 4 nitrogen and oxygen atoms in total. The van der Waals surface area contributed by atoms with Crippen LogP contribution in [-0.2, 0) is 4.74 Å². The first kappa shape index (κ1) is 13.6. The number of amides is 1. The summed E-state index contributed by atoms with van der Waals surface area (Å²) in [6.45, 7) is 0.603. The fourth-order valence-corrected chi connectivity index (χ4v) is 2.38. The number of nitrogens with two attached hydrogens (primary N) is 1. The van der Waals surface area contributed by atoms with E-state index < -0.39 is 6.09 Å². The van der Waals surface area contributed by atoms with Crippen LogP contribution >= 0.6 is 0 Å². The van der Waals surface area contributed by atoms with E-state index in [1.165, 1.54) is 11.0 Å². The number of hydrogen-bond acceptors (Lipinski definition) is 3. The number of carbonyl (C=O) groups is 1. The van der Waals surface area contributed by atoms with Crippen LogP contribution in [0.4, 0.5) is 14.9 Å². The fraction of sp³-hybridized carbons (Fsp3) is 0.188. The highest BCUT2D eigenvalue weighted by molar-refractivity contribution is 5.90. The summed E-state index contributed by atoms with van der Waals surface area (Å²) in [5, 5.41) is 0. The highest BCUT2D eigenvalue weighted by Gasteiger charge is 2.31. The molecule has 0 radical (unpaired) electrons. The maximum absolute atomic E-state index is 14.3. The topological polar surface area (TPSA) is 55.6 Å². The zero-order valence-corrected chi connectivity index (χ0v) is 11.3. The lowest BCUT2D eigenvalue weighted by Crippen LogP contribution is -2.27. The van der Waals surface area contributed by atoms with Crippen LogP contribution in [0.15, 0.2) is 48.5 Å². The van der Waals surface area contributed by atoms with Crippen molar-refractivity contribution in [2.24, 2.45) is 5.73 Å². The molecular weight excluding hydrogens is 271 g/mol. The monoisotopic (exact) mass is 286 g/mol. The largest absolute Gasteiger partial charge is 0.443 e. The van der Waals surface area contributed by atoms with Gasteiger partial charge in [0.1, 0.15) is 11.9 Å². The van der Waals surface area contributed by atoms with Gasteiger partial charge in [0, 0.05) is 12.1 Å². The second-order valence-corrected chi connectivity index (χ2v) is 4.88. The minimum absolute atomic E-state index is 0.257. The van der Waals surface area contributed by atoms with Gasteiger partial charge < -0.3 is 10.5 Å². The van der Waals surface area contributed by atoms with Crippen LogP contribution in [0.1, 0.15) is 0 Å². The number of hydrogen-bond donors (Lipinski definition) is 1. The van der Waals surface area contributed by atoms with Crippen LogP contribution < -0.4 is 10.6 Å². The average Bonchev–Trinajstić information content (AvgIpc) is 2.89. The quantitative estimate of drug-likeness (QED) is 0.944. The maximum Gasteiger partial charge on any atom is 0.414 e. The molecule has 1 heterocycles. The molecule has 1 atom stereocenters. The fourth-order valence-electron chi connectivity index (χ4n) is 2.38. The molecule has 1 saturated heterocycles. The molecule has 2 aromatic rings. The van der Waals surface area contributed by atoms with Gasteiger partial charge in [-0.25, -0.2) is 9.18 Å². The zero-order valence-electron chi connectivity index (χ0n) is 11.3. The van der Waals surface area contributed by atoms with Crippen molar-refractivity contribution in [1.82, 2.24) is 0 Å². The second-order valence-electron chi connectivity index (χ2n) is 4.88. The summed E-state index contributed by atoms with van der Waals surface area (Å²) < 4.78 is 19.4. The van der Waals surface area contributed by atoms with E-state index in [9.17, 15) is 9.18 Å².